The molecule has 0 spiro atoms. The Hall–Kier alpha value is -3.95. The van der Waals surface area contributed by atoms with Gasteiger partial charge in [0.15, 0.2) is 5.82 Å². The number of nitrogens with one attached hydrogen (secondary N) is 2. The van der Waals surface area contributed by atoms with Crippen LogP contribution in [0.15, 0.2) is 65.5 Å². The van der Waals surface area contributed by atoms with E-state index in [9.17, 15) is 0 Å². The number of fused-ring (bicyclic) bond motifs is 2. The van der Waals surface area contributed by atoms with Gasteiger partial charge in [-0.25, -0.2) is 9.97 Å². The number of anilines is 1. The number of hydrogen-bond acceptors (Lipinski definition) is 8. The second-order valence-electron chi connectivity index (χ2n) is 8.42. The molecule has 5 aromatic heterocycles. The molecule has 5 aromatic rings. The molecule has 9 heteroatoms. The molecule has 0 aromatic carbocycles. The minimum absolute atomic E-state index is 0.515. The molecule has 0 unspecified atom stereocenters. The van der Waals surface area contributed by atoms with Crippen LogP contribution in [0, 0.1) is 0 Å². The van der Waals surface area contributed by atoms with E-state index in [0.29, 0.717) is 6.67 Å². The summed E-state index contributed by atoms with van der Waals surface area (Å²) < 4.78 is 0. The van der Waals surface area contributed by atoms with E-state index in [1.54, 1.807) is 11.3 Å². The van der Waals surface area contributed by atoms with Crippen molar-refractivity contribution in [1.29, 1.82) is 0 Å². The van der Waals surface area contributed by atoms with E-state index in [0.717, 1.165) is 74.3 Å². The van der Waals surface area contributed by atoms with Crippen molar-refractivity contribution in [2.45, 2.75) is 13.5 Å². The lowest BCUT2D eigenvalue weighted by atomic mass is 10.0. The van der Waals surface area contributed by atoms with E-state index >= 15 is 0 Å². The van der Waals surface area contributed by atoms with Crippen LogP contribution in [-0.4, -0.2) is 50.9 Å². The summed E-state index contributed by atoms with van der Waals surface area (Å²) in [5, 5.41) is 5.41. The maximum atomic E-state index is 4.96. The highest BCUT2D eigenvalue weighted by Crippen LogP contribution is 2.32. The fraction of sp³-hybridized carbons (Fsp3) is 0.192. The molecular formula is C26H24N8S. The fourth-order valence-corrected chi connectivity index (χ4v) is 5.00. The monoisotopic (exact) mass is 480 g/mol. The van der Waals surface area contributed by atoms with Crippen molar-refractivity contribution in [3.8, 4) is 21.7 Å². The van der Waals surface area contributed by atoms with Gasteiger partial charge < -0.3 is 15.2 Å². The molecule has 35 heavy (non-hydrogen) atoms. The lowest BCUT2D eigenvalue weighted by Crippen LogP contribution is -2.28. The molecule has 2 N–H and O–H groups in total. The third-order valence-corrected chi connectivity index (χ3v) is 6.89. The van der Waals surface area contributed by atoms with E-state index in [2.05, 4.69) is 50.8 Å². The van der Waals surface area contributed by atoms with Gasteiger partial charge in [0.25, 0.3) is 0 Å². The second-order valence-corrected chi connectivity index (χ2v) is 9.37. The molecule has 0 saturated carbocycles. The summed E-state index contributed by atoms with van der Waals surface area (Å²) in [6.45, 7) is 4.31. The number of rotatable bonds is 6. The highest BCUT2D eigenvalue weighted by atomic mass is 32.1. The number of aromatic amines is 1. The summed E-state index contributed by atoms with van der Waals surface area (Å²) in [5.41, 5.74) is 7.56. The van der Waals surface area contributed by atoms with Crippen molar-refractivity contribution in [3.63, 3.8) is 0 Å². The maximum Gasteiger partial charge on any atom is 0.157 e. The predicted molar refractivity (Wildman–Crippen MR) is 141 cm³/mol. The van der Waals surface area contributed by atoms with Crippen LogP contribution in [0.5, 0.6) is 0 Å². The maximum absolute atomic E-state index is 4.96. The topological polar surface area (TPSA) is 95.0 Å². The molecule has 0 amide bonds. The molecule has 6 heterocycles. The minimum atomic E-state index is 0.515. The van der Waals surface area contributed by atoms with Gasteiger partial charge in [-0.3, -0.25) is 15.0 Å². The minimum Gasteiger partial charge on any atom is -0.340 e. The van der Waals surface area contributed by atoms with Crippen LogP contribution in [0.1, 0.15) is 23.9 Å². The van der Waals surface area contributed by atoms with Crippen molar-refractivity contribution in [2.24, 2.45) is 4.99 Å². The number of imidazole rings is 1. The smallest absolute Gasteiger partial charge is 0.157 e. The molecule has 0 atom stereocenters. The van der Waals surface area contributed by atoms with Crippen LogP contribution >= 0.6 is 11.3 Å². The standard InChI is InChI=1S/C26H24N8S/c1-3-27-11-16-9-17(13-28-12-16)18-10-19-22(31-15-34(2)26(19)30-14-18)25-32-20-6-7-29-24(23(20)33-25)21-5-4-8-35-21/h4-10,12-14,27H,3,11,15H2,1-2H3,(H,32,33). The average molecular weight is 481 g/mol. The number of nitrogens with zero attached hydrogens (tertiary/aromatic N) is 6. The number of thiophene rings is 1. The van der Waals surface area contributed by atoms with Crippen molar-refractivity contribution in [1.82, 2.24) is 30.2 Å². The molecule has 1 aliphatic rings. The van der Waals surface area contributed by atoms with E-state index in [1.165, 1.54) is 0 Å². The van der Waals surface area contributed by atoms with Crippen molar-refractivity contribution >= 4 is 33.9 Å². The lowest BCUT2D eigenvalue weighted by molar-refractivity contribution is 0.724. The van der Waals surface area contributed by atoms with Gasteiger partial charge in [0.1, 0.15) is 29.4 Å². The SMILES string of the molecule is CCNCc1cncc(-c2cnc3c(c2)C(c2nc4c(-c5cccs5)nccc4[nH]2)=NCN3C)c1. The molecule has 174 valence electrons. The number of pyridine rings is 3. The van der Waals surface area contributed by atoms with Gasteiger partial charge in [-0.15, -0.1) is 11.3 Å². The molecule has 1 aliphatic heterocycles. The van der Waals surface area contributed by atoms with Gasteiger partial charge in [0.05, 0.1) is 10.4 Å². The summed E-state index contributed by atoms with van der Waals surface area (Å²) in [5.74, 6) is 1.60. The molecular weight excluding hydrogens is 456 g/mol. The molecule has 0 saturated heterocycles. The normalized spacial score (nSPS) is 13.2. The van der Waals surface area contributed by atoms with Gasteiger partial charge in [0, 0.05) is 55.1 Å². The molecule has 8 nitrogen and oxygen atoms in total. The van der Waals surface area contributed by atoms with E-state index in [4.69, 9.17) is 15.0 Å². The summed E-state index contributed by atoms with van der Waals surface area (Å²) in [4.78, 5) is 30.3. The van der Waals surface area contributed by atoms with Gasteiger partial charge >= 0.3 is 0 Å². The van der Waals surface area contributed by atoms with Crippen LogP contribution in [0.3, 0.4) is 0 Å². The largest absolute Gasteiger partial charge is 0.340 e. The zero-order valence-electron chi connectivity index (χ0n) is 19.5. The highest BCUT2D eigenvalue weighted by molar-refractivity contribution is 7.13. The quantitative estimate of drug-likeness (QED) is 0.372. The Morgan fingerprint density at radius 2 is 2.03 bits per heavy atom. The average Bonchev–Trinajstić information content (AvgIpc) is 3.58. The molecule has 0 aliphatic carbocycles. The summed E-state index contributed by atoms with van der Waals surface area (Å²) in [7, 11) is 2.00. The third kappa shape index (κ3) is 3.98. The van der Waals surface area contributed by atoms with Crippen molar-refractivity contribution in [2.75, 3.05) is 25.2 Å². The van der Waals surface area contributed by atoms with E-state index < -0.39 is 0 Å². The summed E-state index contributed by atoms with van der Waals surface area (Å²) >= 11 is 1.66. The first-order chi connectivity index (χ1) is 17.2. The Bertz CT molecular complexity index is 1540. The summed E-state index contributed by atoms with van der Waals surface area (Å²) in [6.07, 6.45) is 7.50. The van der Waals surface area contributed by atoms with Crippen LogP contribution in [-0.2, 0) is 6.54 Å². The van der Waals surface area contributed by atoms with Gasteiger partial charge in [-0.05, 0) is 41.8 Å². The first-order valence-electron chi connectivity index (χ1n) is 11.5. The fourth-order valence-electron chi connectivity index (χ4n) is 4.28. The predicted octanol–water partition coefficient (Wildman–Crippen LogP) is 4.50. The molecule has 0 radical (unpaired) electrons. The van der Waals surface area contributed by atoms with Gasteiger partial charge in [-0.2, -0.15) is 0 Å². The Morgan fingerprint density at radius 1 is 1.11 bits per heavy atom. The molecule has 6 rings (SSSR count). The first kappa shape index (κ1) is 21.6. The first-order valence-corrected chi connectivity index (χ1v) is 12.4. The Morgan fingerprint density at radius 3 is 2.89 bits per heavy atom. The second kappa shape index (κ2) is 9.01. The lowest BCUT2D eigenvalue weighted by Gasteiger charge is -2.25. The van der Waals surface area contributed by atoms with Crippen LogP contribution < -0.4 is 10.2 Å². The number of hydrogen-bond donors (Lipinski definition) is 2. The van der Waals surface area contributed by atoms with Crippen molar-refractivity contribution < 1.29 is 0 Å². The zero-order valence-corrected chi connectivity index (χ0v) is 20.3. The van der Waals surface area contributed by atoms with Crippen LogP contribution in [0.25, 0.3) is 32.7 Å². The van der Waals surface area contributed by atoms with E-state index in [-0.39, 0.29) is 0 Å². The van der Waals surface area contributed by atoms with Crippen LogP contribution in [0.2, 0.25) is 0 Å². The van der Waals surface area contributed by atoms with Gasteiger partial charge in [0.2, 0.25) is 0 Å². The molecule has 0 bridgehead atoms. The van der Waals surface area contributed by atoms with E-state index in [1.807, 2.05) is 48.9 Å². The molecule has 0 fully saturated rings. The highest BCUT2D eigenvalue weighted by Gasteiger charge is 2.24. The number of H-pyrrole nitrogens is 1. The van der Waals surface area contributed by atoms with Crippen molar-refractivity contribution in [3.05, 3.63) is 77.5 Å². The zero-order chi connectivity index (χ0) is 23.8. The Labute approximate surface area is 206 Å². The Balaban J connectivity index is 1.43. The number of aromatic nitrogens is 5. The summed E-state index contributed by atoms with van der Waals surface area (Å²) in [6, 6.07) is 10.3. The van der Waals surface area contributed by atoms with Crippen LogP contribution in [0.4, 0.5) is 5.82 Å². The Kier molecular flexibility index (Phi) is 5.55. The number of aliphatic imine (C=N–C) groups is 1. The third-order valence-electron chi connectivity index (χ3n) is 6.01. The van der Waals surface area contributed by atoms with Gasteiger partial charge in [-0.1, -0.05) is 13.0 Å².